The maximum Gasteiger partial charge on any atom is 0.259 e. The molecule has 0 radical (unpaired) electrons. The van der Waals surface area contributed by atoms with Crippen molar-refractivity contribution < 1.29 is 15.0 Å². The summed E-state index contributed by atoms with van der Waals surface area (Å²) in [5, 5.41) is 22.8. The van der Waals surface area contributed by atoms with E-state index >= 15 is 0 Å². The Bertz CT molecular complexity index is 444. The van der Waals surface area contributed by atoms with Crippen LogP contribution in [0, 0.1) is 0 Å². The van der Waals surface area contributed by atoms with E-state index in [4.69, 9.17) is 0 Å². The van der Waals surface area contributed by atoms with Gasteiger partial charge < -0.3 is 15.5 Å². The number of carbonyl (C=O) groups is 1. The molecule has 1 aromatic rings. The Morgan fingerprint density at radius 3 is 2.68 bits per heavy atom. The number of phenols is 2. The number of rotatable bonds is 4. The molecule has 0 aromatic heterocycles. The second kappa shape index (κ2) is 6.19. The van der Waals surface area contributed by atoms with Crippen LogP contribution in [0.5, 0.6) is 11.5 Å². The van der Waals surface area contributed by atoms with Gasteiger partial charge in [-0.3, -0.25) is 4.79 Å². The minimum Gasteiger partial charge on any atom is -0.507 e. The van der Waals surface area contributed by atoms with Crippen LogP contribution >= 0.6 is 11.8 Å². The average Bonchev–Trinajstić information content (AvgIpc) is 2.77. The number of carbonyl (C=O) groups excluding carboxylic acids is 1. The lowest BCUT2D eigenvalue weighted by Crippen LogP contribution is -2.33. The maximum absolute atomic E-state index is 12.1. The van der Waals surface area contributed by atoms with E-state index in [0.717, 1.165) is 25.0 Å². The molecule has 1 fully saturated rings. The lowest BCUT2D eigenvalue weighted by atomic mass is 10.1. The van der Waals surface area contributed by atoms with Crippen molar-refractivity contribution in [2.45, 2.75) is 37.5 Å². The molecule has 4 nitrogen and oxygen atoms in total. The number of aromatic hydroxyl groups is 2. The van der Waals surface area contributed by atoms with Gasteiger partial charge in [0.05, 0.1) is 0 Å². The first-order chi connectivity index (χ1) is 9.11. The van der Waals surface area contributed by atoms with Gasteiger partial charge in [-0.05, 0) is 37.1 Å². The molecular weight excluding hydrogens is 262 g/mol. The Balaban J connectivity index is 1.99. The van der Waals surface area contributed by atoms with E-state index in [0.29, 0.717) is 5.25 Å². The molecule has 1 aromatic carbocycles. The molecule has 2 unspecified atom stereocenters. The van der Waals surface area contributed by atoms with Crippen molar-refractivity contribution in [2.75, 3.05) is 5.75 Å². The number of hydrogen-bond acceptors (Lipinski definition) is 4. The molecule has 0 spiro atoms. The van der Waals surface area contributed by atoms with E-state index in [1.165, 1.54) is 18.2 Å². The monoisotopic (exact) mass is 281 g/mol. The molecule has 104 valence electrons. The zero-order valence-corrected chi connectivity index (χ0v) is 11.7. The summed E-state index contributed by atoms with van der Waals surface area (Å²) < 4.78 is 0. The lowest BCUT2D eigenvalue weighted by Gasteiger charge is -2.14. The number of thioether (sulfide) groups is 1. The average molecular weight is 281 g/mol. The highest BCUT2D eigenvalue weighted by molar-refractivity contribution is 7.99. The van der Waals surface area contributed by atoms with Gasteiger partial charge in [-0.15, -0.1) is 0 Å². The molecule has 1 aliphatic rings. The van der Waals surface area contributed by atoms with Crippen LogP contribution in [0.25, 0.3) is 0 Å². The second-order valence-corrected chi connectivity index (χ2v) is 6.31. The Morgan fingerprint density at radius 2 is 2.05 bits per heavy atom. The van der Waals surface area contributed by atoms with Crippen molar-refractivity contribution in [2.24, 2.45) is 0 Å². The van der Waals surface area contributed by atoms with Gasteiger partial charge >= 0.3 is 0 Å². The molecule has 0 heterocycles. The molecule has 1 amide bonds. The smallest absolute Gasteiger partial charge is 0.259 e. The minimum absolute atomic E-state index is 0.0332. The number of hydrogen-bond donors (Lipinski definition) is 3. The normalized spacial score (nSPS) is 22.4. The first-order valence-electron chi connectivity index (χ1n) is 6.55. The third-order valence-corrected chi connectivity index (χ3v) is 4.60. The summed E-state index contributed by atoms with van der Waals surface area (Å²) in [6, 6.07) is 4.44. The number of nitrogens with one attached hydrogen (secondary N) is 1. The van der Waals surface area contributed by atoms with E-state index in [1.807, 2.05) is 11.8 Å². The fourth-order valence-electron chi connectivity index (χ4n) is 2.48. The highest BCUT2D eigenvalue weighted by atomic mass is 32.2. The van der Waals surface area contributed by atoms with E-state index in [-0.39, 0.29) is 23.1 Å². The minimum atomic E-state index is -0.400. The van der Waals surface area contributed by atoms with E-state index in [1.54, 1.807) is 0 Å². The molecule has 1 aliphatic carbocycles. The topological polar surface area (TPSA) is 69.6 Å². The maximum atomic E-state index is 12.1. The summed E-state index contributed by atoms with van der Waals surface area (Å²) in [6.07, 6.45) is 3.02. The standard InChI is InChI=1S/C14H19NO3S/c1-2-19-10-7-6-9(8-10)15-14(18)13-11(16)4-3-5-12(13)17/h3-5,9-10,16-17H,2,6-8H2,1H3,(H,15,18). The van der Waals surface area contributed by atoms with Crippen LogP contribution in [0.1, 0.15) is 36.5 Å². The largest absolute Gasteiger partial charge is 0.507 e. The molecule has 2 rings (SSSR count). The van der Waals surface area contributed by atoms with Gasteiger partial charge in [0.1, 0.15) is 17.1 Å². The van der Waals surface area contributed by atoms with Gasteiger partial charge in [0.15, 0.2) is 0 Å². The third-order valence-electron chi connectivity index (χ3n) is 3.37. The Kier molecular flexibility index (Phi) is 4.58. The summed E-state index contributed by atoms with van der Waals surface area (Å²) in [5.41, 5.74) is -0.0332. The van der Waals surface area contributed by atoms with Crippen molar-refractivity contribution in [3.05, 3.63) is 23.8 Å². The molecule has 1 saturated carbocycles. The molecule has 19 heavy (non-hydrogen) atoms. The van der Waals surface area contributed by atoms with Gasteiger partial charge in [0.2, 0.25) is 0 Å². The van der Waals surface area contributed by atoms with Gasteiger partial charge in [0, 0.05) is 11.3 Å². The molecular formula is C14H19NO3S. The van der Waals surface area contributed by atoms with Crippen LogP contribution in [-0.2, 0) is 0 Å². The van der Waals surface area contributed by atoms with Gasteiger partial charge in [0.25, 0.3) is 5.91 Å². The summed E-state index contributed by atoms with van der Waals surface area (Å²) in [6.45, 7) is 2.14. The van der Waals surface area contributed by atoms with Crippen molar-refractivity contribution in [1.82, 2.24) is 5.32 Å². The fraction of sp³-hybridized carbons (Fsp3) is 0.500. The lowest BCUT2D eigenvalue weighted by molar-refractivity contribution is 0.0932. The van der Waals surface area contributed by atoms with Crippen LogP contribution in [0.2, 0.25) is 0 Å². The highest BCUT2D eigenvalue weighted by Crippen LogP contribution is 2.31. The quantitative estimate of drug-likeness (QED) is 0.793. The molecule has 0 bridgehead atoms. The van der Waals surface area contributed by atoms with E-state index in [2.05, 4.69) is 12.2 Å². The van der Waals surface area contributed by atoms with Crippen LogP contribution in [0.3, 0.4) is 0 Å². The van der Waals surface area contributed by atoms with Crippen molar-refractivity contribution in [3.63, 3.8) is 0 Å². The van der Waals surface area contributed by atoms with E-state index in [9.17, 15) is 15.0 Å². The van der Waals surface area contributed by atoms with E-state index < -0.39 is 5.91 Å². The molecule has 5 heteroatoms. The highest BCUT2D eigenvalue weighted by Gasteiger charge is 2.27. The Labute approximate surface area is 117 Å². The van der Waals surface area contributed by atoms with Crippen LogP contribution < -0.4 is 5.32 Å². The predicted octanol–water partition coefficient (Wildman–Crippen LogP) is 2.50. The van der Waals surface area contributed by atoms with Crippen molar-refractivity contribution >= 4 is 17.7 Å². The first kappa shape index (κ1) is 14.1. The zero-order valence-electron chi connectivity index (χ0n) is 10.9. The Hall–Kier alpha value is -1.36. The van der Waals surface area contributed by atoms with Crippen molar-refractivity contribution in [3.8, 4) is 11.5 Å². The van der Waals surface area contributed by atoms with Gasteiger partial charge in [-0.25, -0.2) is 0 Å². The zero-order chi connectivity index (χ0) is 13.8. The summed E-state index contributed by atoms with van der Waals surface area (Å²) >= 11 is 1.92. The summed E-state index contributed by atoms with van der Waals surface area (Å²) in [4.78, 5) is 12.1. The van der Waals surface area contributed by atoms with Crippen LogP contribution in [-0.4, -0.2) is 33.2 Å². The number of phenolic OH excluding ortho intramolecular Hbond substituents is 2. The fourth-order valence-corrected chi connectivity index (χ4v) is 3.62. The summed E-state index contributed by atoms with van der Waals surface area (Å²) in [5.74, 6) is 0.318. The number of amides is 1. The third kappa shape index (κ3) is 3.35. The molecule has 3 N–H and O–H groups in total. The second-order valence-electron chi connectivity index (χ2n) is 4.73. The first-order valence-corrected chi connectivity index (χ1v) is 7.60. The molecule has 2 atom stereocenters. The predicted molar refractivity (Wildman–Crippen MR) is 76.8 cm³/mol. The number of benzene rings is 1. The molecule has 0 saturated heterocycles. The van der Waals surface area contributed by atoms with Crippen molar-refractivity contribution in [1.29, 1.82) is 0 Å². The van der Waals surface area contributed by atoms with Crippen LogP contribution in [0.15, 0.2) is 18.2 Å². The molecule has 0 aliphatic heterocycles. The summed E-state index contributed by atoms with van der Waals surface area (Å²) in [7, 11) is 0. The SMILES string of the molecule is CCSC1CCC(NC(=O)c2c(O)cccc2O)C1. The van der Waals surface area contributed by atoms with Gasteiger partial charge in [-0.1, -0.05) is 13.0 Å². The van der Waals surface area contributed by atoms with Gasteiger partial charge in [-0.2, -0.15) is 11.8 Å². The Morgan fingerprint density at radius 1 is 1.37 bits per heavy atom. The van der Waals surface area contributed by atoms with Crippen LogP contribution in [0.4, 0.5) is 0 Å².